The van der Waals surface area contributed by atoms with Gasteiger partial charge in [-0.25, -0.2) is 0 Å². The second-order valence-corrected chi connectivity index (χ2v) is 5.07. The normalized spacial score (nSPS) is 7.23. The van der Waals surface area contributed by atoms with Gasteiger partial charge in [0.05, 0.1) is 5.41 Å². The SMILES string of the molecule is CC#CC#CC#CC#CC#CC#CC#COCCOC(=O)C(C)(C)CC. The van der Waals surface area contributed by atoms with E-state index in [1.165, 1.54) is 0 Å². The number of hydrogen-bond donors (Lipinski definition) is 0. The van der Waals surface area contributed by atoms with Gasteiger partial charge in [-0.2, -0.15) is 0 Å². The van der Waals surface area contributed by atoms with Crippen molar-refractivity contribution >= 4 is 5.97 Å². The van der Waals surface area contributed by atoms with Gasteiger partial charge in [0.2, 0.25) is 0 Å². The van der Waals surface area contributed by atoms with Crippen LogP contribution in [0.2, 0.25) is 0 Å². The fourth-order valence-electron chi connectivity index (χ4n) is 1.00. The van der Waals surface area contributed by atoms with Gasteiger partial charge in [0, 0.05) is 35.5 Å². The molecule has 0 bridgehead atoms. The first-order chi connectivity index (χ1) is 12.5. The molecule has 0 N–H and O–H groups in total. The highest BCUT2D eigenvalue weighted by atomic mass is 16.6. The molecule has 0 fully saturated rings. The van der Waals surface area contributed by atoms with Crippen molar-refractivity contribution in [3.63, 3.8) is 0 Å². The van der Waals surface area contributed by atoms with Crippen molar-refractivity contribution in [3.05, 3.63) is 0 Å². The maximum absolute atomic E-state index is 11.7. The molecule has 0 aliphatic rings. The zero-order valence-electron chi connectivity index (χ0n) is 15.3. The minimum absolute atomic E-state index is 0.149. The van der Waals surface area contributed by atoms with E-state index in [9.17, 15) is 4.79 Å². The summed E-state index contributed by atoms with van der Waals surface area (Å²) in [7, 11) is 0. The van der Waals surface area contributed by atoms with E-state index in [0.717, 1.165) is 0 Å². The van der Waals surface area contributed by atoms with Crippen molar-refractivity contribution in [1.29, 1.82) is 0 Å². The van der Waals surface area contributed by atoms with E-state index in [4.69, 9.17) is 9.47 Å². The number of hydrogen-bond acceptors (Lipinski definition) is 3. The Kier molecular flexibility index (Phi) is 12.6. The molecular formula is C23H18O3. The molecule has 0 saturated carbocycles. The predicted octanol–water partition coefficient (Wildman–Crippen LogP) is 1.98. The molecule has 128 valence electrons. The van der Waals surface area contributed by atoms with E-state index in [1.807, 2.05) is 20.8 Å². The van der Waals surface area contributed by atoms with Gasteiger partial charge in [0.15, 0.2) is 0 Å². The van der Waals surface area contributed by atoms with Crippen LogP contribution in [-0.4, -0.2) is 19.2 Å². The average molecular weight is 342 g/mol. The van der Waals surface area contributed by atoms with Crippen LogP contribution in [0.25, 0.3) is 0 Å². The largest absolute Gasteiger partial charge is 0.462 e. The molecule has 0 amide bonds. The van der Waals surface area contributed by atoms with Crippen LogP contribution in [0.3, 0.4) is 0 Å². The second-order valence-electron chi connectivity index (χ2n) is 5.07. The molecule has 3 nitrogen and oxygen atoms in total. The summed E-state index contributed by atoms with van der Waals surface area (Å²) in [5.41, 5.74) is -0.485. The summed E-state index contributed by atoms with van der Waals surface area (Å²) in [6.07, 6.45) is 3.09. The van der Waals surface area contributed by atoms with Gasteiger partial charge in [0.25, 0.3) is 0 Å². The van der Waals surface area contributed by atoms with Crippen molar-refractivity contribution in [2.45, 2.75) is 34.1 Å². The predicted molar refractivity (Wildman–Crippen MR) is 101 cm³/mol. The molecular weight excluding hydrogens is 324 g/mol. The lowest BCUT2D eigenvalue weighted by Crippen LogP contribution is -2.26. The lowest BCUT2D eigenvalue weighted by Gasteiger charge is -2.19. The molecule has 0 atom stereocenters. The lowest BCUT2D eigenvalue weighted by molar-refractivity contribution is -0.155. The molecule has 0 aliphatic carbocycles. The van der Waals surface area contributed by atoms with E-state index in [0.29, 0.717) is 6.42 Å². The monoisotopic (exact) mass is 342 g/mol. The van der Waals surface area contributed by atoms with E-state index < -0.39 is 5.41 Å². The highest BCUT2D eigenvalue weighted by Crippen LogP contribution is 2.21. The molecule has 0 aromatic rings. The number of ether oxygens (including phenoxy) is 2. The lowest BCUT2D eigenvalue weighted by atomic mass is 9.91. The van der Waals surface area contributed by atoms with Crippen molar-refractivity contribution in [2.75, 3.05) is 13.2 Å². The Morgan fingerprint density at radius 3 is 1.69 bits per heavy atom. The Labute approximate surface area is 156 Å². The van der Waals surface area contributed by atoms with Gasteiger partial charge in [-0.1, -0.05) is 12.8 Å². The van der Waals surface area contributed by atoms with Crippen molar-refractivity contribution in [1.82, 2.24) is 0 Å². The van der Waals surface area contributed by atoms with E-state index >= 15 is 0 Å². The third-order valence-electron chi connectivity index (χ3n) is 2.79. The minimum atomic E-state index is -0.485. The van der Waals surface area contributed by atoms with Crippen LogP contribution < -0.4 is 0 Å². The van der Waals surface area contributed by atoms with Crippen LogP contribution in [0.15, 0.2) is 0 Å². The summed E-state index contributed by atoms with van der Waals surface area (Å²) < 4.78 is 10.1. The molecule has 0 aliphatic heterocycles. The Morgan fingerprint density at radius 2 is 1.23 bits per heavy atom. The average Bonchev–Trinajstić information content (AvgIpc) is 2.64. The standard InChI is InChI=1S/C23H18O3/c1-5-7-8-9-10-11-12-13-14-15-16-17-18-19-25-20-21-26-22(24)23(3,4)6-2/h6,20-21H2,1-4H3. The van der Waals surface area contributed by atoms with Gasteiger partial charge in [-0.3, -0.25) is 4.79 Å². The fourth-order valence-corrected chi connectivity index (χ4v) is 1.00. The Hall–Kier alpha value is -3.81. The summed E-state index contributed by atoms with van der Waals surface area (Å²) >= 11 is 0. The first-order valence-electron chi connectivity index (χ1n) is 7.75. The molecule has 0 unspecified atom stereocenters. The van der Waals surface area contributed by atoms with Crippen LogP contribution in [0.5, 0.6) is 0 Å². The van der Waals surface area contributed by atoms with Crippen LogP contribution in [0.4, 0.5) is 0 Å². The Balaban J connectivity index is 4.08. The number of rotatable bonds is 5. The maximum atomic E-state index is 11.7. The van der Waals surface area contributed by atoms with E-state index in [1.54, 1.807) is 6.92 Å². The van der Waals surface area contributed by atoms with Crippen LogP contribution >= 0.6 is 0 Å². The molecule has 26 heavy (non-hydrogen) atoms. The van der Waals surface area contributed by atoms with Gasteiger partial charge in [-0.05, 0) is 62.7 Å². The van der Waals surface area contributed by atoms with Crippen LogP contribution in [0.1, 0.15) is 34.1 Å². The Bertz CT molecular complexity index is 917. The van der Waals surface area contributed by atoms with E-state index in [-0.39, 0.29) is 19.2 Å². The summed E-state index contributed by atoms with van der Waals surface area (Å²) in [4.78, 5) is 11.7. The molecule has 0 radical (unpaired) electrons. The molecule has 0 aromatic carbocycles. The van der Waals surface area contributed by atoms with Crippen molar-refractivity contribution < 1.29 is 14.3 Å². The van der Waals surface area contributed by atoms with Gasteiger partial charge in [0.1, 0.15) is 19.3 Å². The smallest absolute Gasteiger partial charge is 0.311 e. The first kappa shape index (κ1) is 22.2. The quantitative estimate of drug-likeness (QED) is 0.435. The molecule has 0 saturated heterocycles. The summed E-state index contributed by atoms with van der Waals surface area (Å²) in [6, 6.07) is 0. The third-order valence-corrected chi connectivity index (χ3v) is 2.79. The van der Waals surface area contributed by atoms with Crippen molar-refractivity contribution in [2.24, 2.45) is 5.41 Å². The first-order valence-corrected chi connectivity index (χ1v) is 7.75. The zero-order valence-corrected chi connectivity index (χ0v) is 15.3. The highest BCUT2D eigenvalue weighted by molar-refractivity contribution is 5.75. The fraction of sp³-hybridized carbons (Fsp3) is 0.348. The molecule has 0 spiro atoms. The van der Waals surface area contributed by atoms with Gasteiger partial charge < -0.3 is 9.47 Å². The van der Waals surface area contributed by atoms with Gasteiger partial charge in [-0.15, -0.1) is 0 Å². The zero-order chi connectivity index (χ0) is 19.5. The topological polar surface area (TPSA) is 35.5 Å². The molecule has 0 heterocycles. The molecule has 0 aromatic heterocycles. The summed E-state index contributed by atoms with van der Waals surface area (Å²) in [5.74, 6) is 32.5. The number of esters is 1. The summed E-state index contributed by atoms with van der Waals surface area (Å²) in [5, 5.41) is 0. The van der Waals surface area contributed by atoms with Crippen LogP contribution in [0, 0.1) is 88.5 Å². The molecule has 0 rings (SSSR count). The highest BCUT2D eigenvalue weighted by Gasteiger charge is 2.26. The third kappa shape index (κ3) is 12.7. The second kappa shape index (κ2) is 14.8. The van der Waals surface area contributed by atoms with E-state index in [2.05, 4.69) is 83.1 Å². The van der Waals surface area contributed by atoms with Gasteiger partial charge >= 0.3 is 5.97 Å². The van der Waals surface area contributed by atoms with Crippen molar-refractivity contribution in [3.8, 4) is 83.1 Å². The van der Waals surface area contributed by atoms with Crippen LogP contribution in [-0.2, 0) is 14.3 Å². The Morgan fingerprint density at radius 1 is 0.769 bits per heavy atom. The summed E-state index contributed by atoms with van der Waals surface area (Å²) in [6.45, 7) is 7.63. The maximum Gasteiger partial charge on any atom is 0.311 e. The number of carbonyl (C=O) groups is 1. The minimum Gasteiger partial charge on any atom is -0.462 e. The number of carbonyl (C=O) groups excluding carboxylic acids is 1. The molecule has 3 heteroatoms.